The van der Waals surface area contributed by atoms with E-state index < -0.39 is 0 Å². The van der Waals surface area contributed by atoms with Gasteiger partial charge in [-0.25, -0.2) is 0 Å². The highest BCUT2D eigenvalue weighted by Crippen LogP contribution is 2.14. The maximum atomic E-state index is 12.1. The summed E-state index contributed by atoms with van der Waals surface area (Å²) in [5, 5.41) is 8.35. The summed E-state index contributed by atoms with van der Waals surface area (Å²) in [7, 11) is 1.54. The maximum Gasteiger partial charge on any atom is 0.257 e. The van der Waals surface area contributed by atoms with Gasteiger partial charge >= 0.3 is 0 Å². The molecule has 0 unspecified atom stereocenters. The molecule has 6 nitrogen and oxygen atoms in total. The number of ether oxygens (including phenoxy) is 1. The zero-order valence-corrected chi connectivity index (χ0v) is 14.1. The van der Waals surface area contributed by atoms with E-state index in [1.54, 1.807) is 48.5 Å². The Labute approximate surface area is 145 Å². The van der Waals surface area contributed by atoms with Gasteiger partial charge < -0.3 is 15.4 Å². The number of amides is 2. The standard InChI is InChI=1S/C17H17N3O3S/c1-11(21)18-13-6-8-14(9-7-13)19-17(24)20-16(22)12-4-3-5-15(10-12)23-2/h3-10H,1-2H3,(H,18,21)(H2,19,20,22,24). The lowest BCUT2D eigenvalue weighted by atomic mass is 10.2. The molecule has 0 aliphatic carbocycles. The molecule has 0 radical (unpaired) electrons. The van der Waals surface area contributed by atoms with Crippen LogP contribution >= 0.6 is 12.2 Å². The lowest BCUT2D eigenvalue weighted by Gasteiger charge is -2.11. The van der Waals surface area contributed by atoms with E-state index in [-0.39, 0.29) is 16.9 Å². The fourth-order valence-corrected chi connectivity index (χ4v) is 2.15. The van der Waals surface area contributed by atoms with Crippen LogP contribution in [-0.4, -0.2) is 24.0 Å². The van der Waals surface area contributed by atoms with E-state index in [9.17, 15) is 9.59 Å². The first kappa shape index (κ1) is 17.4. The molecular weight excluding hydrogens is 326 g/mol. The lowest BCUT2D eigenvalue weighted by Crippen LogP contribution is -2.34. The molecule has 0 atom stereocenters. The predicted octanol–water partition coefficient (Wildman–Crippen LogP) is 2.78. The summed E-state index contributed by atoms with van der Waals surface area (Å²) in [6.07, 6.45) is 0. The highest BCUT2D eigenvalue weighted by molar-refractivity contribution is 7.80. The highest BCUT2D eigenvalue weighted by Gasteiger charge is 2.09. The van der Waals surface area contributed by atoms with Crippen molar-refractivity contribution in [3.63, 3.8) is 0 Å². The average molecular weight is 343 g/mol. The van der Waals surface area contributed by atoms with Crippen molar-refractivity contribution < 1.29 is 14.3 Å². The molecule has 0 heterocycles. The first-order chi connectivity index (χ1) is 11.5. The summed E-state index contributed by atoms with van der Waals surface area (Å²) in [5.74, 6) is 0.119. The van der Waals surface area contributed by atoms with Gasteiger partial charge in [-0.15, -0.1) is 0 Å². The Morgan fingerprint density at radius 3 is 2.21 bits per heavy atom. The molecule has 0 saturated heterocycles. The van der Waals surface area contributed by atoms with Gasteiger partial charge in [-0.1, -0.05) is 6.07 Å². The molecule has 0 fully saturated rings. The Kier molecular flexibility index (Phi) is 5.86. The van der Waals surface area contributed by atoms with Crippen LogP contribution in [-0.2, 0) is 4.79 Å². The van der Waals surface area contributed by atoms with Crippen molar-refractivity contribution in [3.05, 3.63) is 54.1 Å². The van der Waals surface area contributed by atoms with Gasteiger partial charge in [-0.3, -0.25) is 14.9 Å². The molecular formula is C17H17N3O3S. The van der Waals surface area contributed by atoms with Crippen LogP contribution in [0, 0.1) is 0 Å². The largest absolute Gasteiger partial charge is 0.497 e. The molecule has 3 N–H and O–H groups in total. The number of methoxy groups -OCH3 is 1. The van der Waals surface area contributed by atoms with Crippen LogP contribution in [0.15, 0.2) is 48.5 Å². The second-order valence-corrected chi connectivity index (χ2v) is 5.31. The molecule has 124 valence electrons. The first-order valence-corrected chi connectivity index (χ1v) is 7.53. The molecule has 24 heavy (non-hydrogen) atoms. The van der Waals surface area contributed by atoms with Gasteiger partial charge in [-0.05, 0) is 54.7 Å². The summed E-state index contributed by atoms with van der Waals surface area (Å²) in [6, 6.07) is 13.7. The minimum absolute atomic E-state index is 0.142. The van der Waals surface area contributed by atoms with E-state index in [0.717, 1.165) is 0 Å². The van der Waals surface area contributed by atoms with E-state index in [1.165, 1.54) is 14.0 Å². The summed E-state index contributed by atoms with van der Waals surface area (Å²) in [6.45, 7) is 1.44. The van der Waals surface area contributed by atoms with Crippen molar-refractivity contribution in [1.29, 1.82) is 0 Å². The number of anilines is 2. The van der Waals surface area contributed by atoms with E-state index in [1.807, 2.05) is 0 Å². The summed E-state index contributed by atoms with van der Waals surface area (Å²) >= 11 is 5.13. The van der Waals surface area contributed by atoms with Crippen molar-refractivity contribution in [2.45, 2.75) is 6.92 Å². The normalized spacial score (nSPS) is 9.75. The number of carbonyl (C=O) groups is 2. The molecule has 2 aromatic rings. The molecule has 2 amide bonds. The smallest absolute Gasteiger partial charge is 0.257 e. The number of hydrogen-bond acceptors (Lipinski definition) is 4. The van der Waals surface area contributed by atoms with Crippen molar-refractivity contribution in [2.24, 2.45) is 0 Å². The van der Waals surface area contributed by atoms with E-state index >= 15 is 0 Å². The third kappa shape index (κ3) is 5.06. The molecule has 0 bridgehead atoms. The first-order valence-electron chi connectivity index (χ1n) is 7.12. The number of thiocarbonyl (C=S) groups is 1. The van der Waals surface area contributed by atoms with Crippen LogP contribution in [0.2, 0.25) is 0 Å². The number of benzene rings is 2. The summed E-state index contributed by atoms with van der Waals surface area (Å²) < 4.78 is 5.09. The average Bonchev–Trinajstić information content (AvgIpc) is 2.56. The number of rotatable bonds is 4. The quantitative estimate of drug-likeness (QED) is 0.744. The summed E-state index contributed by atoms with van der Waals surface area (Å²) in [4.78, 5) is 23.1. The predicted molar refractivity (Wildman–Crippen MR) is 97.4 cm³/mol. The molecule has 2 rings (SSSR count). The van der Waals surface area contributed by atoms with Gasteiger partial charge in [0.05, 0.1) is 7.11 Å². The van der Waals surface area contributed by atoms with Crippen LogP contribution < -0.4 is 20.7 Å². The second kappa shape index (κ2) is 8.07. The van der Waals surface area contributed by atoms with Crippen molar-refractivity contribution in [3.8, 4) is 5.75 Å². The maximum absolute atomic E-state index is 12.1. The molecule has 2 aromatic carbocycles. The fraction of sp³-hybridized carbons (Fsp3) is 0.118. The van der Waals surface area contributed by atoms with Crippen LogP contribution in [0.4, 0.5) is 11.4 Å². The molecule has 0 spiro atoms. The second-order valence-electron chi connectivity index (χ2n) is 4.90. The van der Waals surface area contributed by atoms with Crippen LogP contribution in [0.5, 0.6) is 5.75 Å². The molecule has 0 aliphatic rings. The van der Waals surface area contributed by atoms with Crippen LogP contribution in [0.25, 0.3) is 0 Å². The Morgan fingerprint density at radius 1 is 1.00 bits per heavy atom. The zero-order chi connectivity index (χ0) is 17.5. The Morgan fingerprint density at radius 2 is 1.62 bits per heavy atom. The monoisotopic (exact) mass is 343 g/mol. The van der Waals surface area contributed by atoms with Crippen molar-refractivity contribution >= 4 is 40.5 Å². The molecule has 7 heteroatoms. The van der Waals surface area contributed by atoms with Gasteiger partial charge in [-0.2, -0.15) is 0 Å². The van der Waals surface area contributed by atoms with Crippen molar-refractivity contribution in [1.82, 2.24) is 5.32 Å². The van der Waals surface area contributed by atoms with E-state index in [0.29, 0.717) is 22.7 Å². The highest BCUT2D eigenvalue weighted by atomic mass is 32.1. The number of hydrogen-bond donors (Lipinski definition) is 3. The third-order valence-corrected chi connectivity index (χ3v) is 3.23. The van der Waals surface area contributed by atoms with Gasteiger partial charge in [0.1, 0.15) is 5.75 Å². The van der Waals surface area contributed by atoms with Gasteiger partial charge in [0.2, 0.25) is 5.91 Å². The summed E-state index contributed by atoms with van der Waals surface area (Å²) in [5.41, 5.74) is 1.82. The Bertz CT molecular complexity index is 760. The molecule has 0 aliphatic heterocycles. The molecule has 0 aromatic heterocycles. The van der Waals surface area contributed by atoms with Gasteiger partial charge in [0, 0.05) is 23.9 Å². The van der Waals surface area contributed by atoms with Gasteiger partial charge in [0.15, 0.2) is 5.11 Å². The number of nitrogens with one attached hydrogen (secondary N) is 3. The SMILES string of the molecule is COc1cccc(C(=O)NC(=S)Nc2ccc(NC(C)=O)cc2)c1. The number of carbonyl (C=O) groups excluding carboxylic acids is 2. The minimum Gasteiger partial charge on any atom is -0.497 e. The fourth-order valence-electron chi connectivity index (χ4n) is 1.94. The van der Waals surface area contributed by atoms with Crippen LogP contribution in [0.1, 0.15) is 17.3 Å². The molecule has 0 saturated carbocycles. The van der Waals surface area contributed by atoms with Gasteiger partial charge in [0.25, 0.3) is 5.91 Å². The van der Waals surface area contributed by atoms with Crippen LogP contribution in [0.3, 0.4) is 0 Å². The third-order valence-electron chi connectivity index (χ3n) is 3.02. The Hall–Kier alpha value is -2.93. The lowest BCUT2D eigenvalue weighted by molar-refractivity contribution is -0.114. The van der Waals surface area contributed by atoms with Crippen molar-refractivity contribution in [2.75, 3.05) is 17.7 Å². The Balaban J connectivity index is 1.94. The zero-order valence-electron chi connectivity index (χ0n) is 13.3. The van der Waals surface area contributed by atoms with E-state index in [4.69, 9.17) is 17.0 Å². The topological polar surface area (TPSA) is 79.5 Å². The van der Waals surface area contributed by atoms with E-state index in [2.05, 4.69) is 16.0 Å². The minimum atomic E-state index is -0.332.